The SMILES string of the molecule is CS(=O)(=O)[N+]1(NC(=O)C(COCc2ccccc2)NC(=O)c2cccc3cccnc23)CC2(CCNCC2)c2ccccc21.Cl. The Balaban J connectivity index is 0.00000400. The Bertz CT molecular complexity index is 1790. The maximum Gasteiger partial charge on any atom is 0.321 e. The molecule has 2 unspecified atom stereocenters. The van der Waals surface area contributed by atoms with E-state index in [9.17, 15) is 18.0 Å². The number of carbonyl (C=O) groups excluding carboxylic acids is 2. The normalized spacial score (nSPS) is 19.3. The molecule has 2 aliphatic rings. The molecule has 3 heterocycles. The summed E-state index contributed by atoms with van der Waals surface area (Å²) in [5.41, 5.74) is 5.61. The number of aromatic nitrogens is 1. The van der Waals surface area contributed by atoms with Crippen LogP contribution in [-0.2, 0) is 31.6 Å². The Morgan fingerprint density at radius 1 is 0.978 bits per heavy atom. The van der Waals surface area contributed by atoms with Crippen LogP contribution in [0.4, 0.5) is 5.69 Å². The van der Waals surface area contributed by atoms with E-state index in [2.05, 4.69) is 21.0 Å². The molecule has 45 heavy (non-hydrogen) atoms. The average Bonchev–Trinajstić information content (AvgIpc) is 3.30. The van der Waals surface area contributed by atoms with Gasteiger partial charge >= 0.3 is 10.0 Å². The Hall–Kier alpha value is -3.87. The fourth-order valence-electron chi connectivity index (χ4n) is 6.48. The van der Waals surface area contributed by atoms with Gasteiger partial charge in [-0.15, -0.1) is 12.4 Å². The van der Waals surface area contributed by atoms with Gasteiger partial charge in [0.1, 0.15) is 12.6 Å². The highest BCUT2D eigenvalue weighted by Gasteiger charge is 2.60. The van der Waals surface area contributed by atoms with Gasteiger partial charge in [0.2, 0.25) is 0 Å². The highest BCUT2D eigenvalue weighted by molar-refractivity contribution is 7.90. The molecule has 3 N–H and O–H groups in total. The second kappa shape index (κ2) is 13.2. The van der Waals surface area contributed by atoms with Crippen LogP contribution in [0.25, 0.3) is 10.9 Å². The maximum absolute atomic E-state index is 14.2. The quantitative estimate of drug-likeness (QED) is 0.236. The molecule has 1 spiro atoms. The molecule has 2 aliphatic heterocycles. The first-order valence-electron chi connectivity index (χ1n) is 14.7. The average molecular weight is 651 g/mol. The van der Waals surface area contributed by atoms with Crippen LogP contribution in [0, 0.1) is 0 Å². The maximum atomic E-state index is 14.2. The summed E-state index contributed by atoms with van der Waals surface area (Å²) in [4.78, 5) is 32.2. The van der Waals surface area contributed by atoms with Crippen LogP contribution < -0.4 is 20.1 Å². The van der Waals surface area contributed by atoms with Gasteiger partial charge in [-0.05, 0) is 43.6 Å². The zero-order valence-corrected chi connectivity index (χ0v) is 26.6. The highest BCUT2D eigenvalue weighted by atomic mass is 35.5. The van der Waals surface area contributed by atoms with Crippen LogP contribution >= 0.6 is 12.4 Å². The summed E-state index contributed by atoms with van der Waals surface area (Å²) in [7, 11) is -3.93. The number of halogens is 1. The number of hydrogen-bond acceptors (Lipinski definition) is 7. The number of ether oxygens (including phenoxy) is 1. The number of fused-ring (bicyclic) bond motifs is 3. The van der Waals surface area contributed by atoms with E-state index in [1.807, 2.05) is 54.6 Å². The molecule has 6 rings (SSSR count). The van der Waals surface area contributed by atoms with Crippen molar-refractivity contribution >= 4 is 50.8 Å². The first kappa shape index (κ1) is 32.5. The molecule has 2 amide bonds. The monoisotopic (exact) mass is 650 g/mol. The summed E-state index contributed by atoms with van der Waals surface area (Å²) in [5.74, 6) is -1.17. The minimum atomic E-state index is -3.93. The summed E-state index contributed by atoms with van der Waals surface area (Å²) >= 11 is 0. The van der Waals surface area contributed by atoms with Crippen molar-refractivity contribution in [1.82, 2.24) is 25.0 Å². The van der Waals surface area contributed by atoms with Crippen LogP contribution in [0.2, 0.25) is 0 Å². The lowest BCUT2D eigenvalue weighted by atomic mass is 9.75. The number of amides is 2. The van der Waals surface area contributed by atoms with E-state index in [0.29, 0.717) is 16.8 Å². The molecular weight excluding hydrogens is 614 g/mol. The van der Waals surface area contributed by atoms with Crippen LogP contribution in [0.15, 0.2) is 91.1 Å². The van der Waals surface area contributed by atoms with Crippen LogP contribution in [0.1, 0.15) is 34.3 Å². The molecule has 2 atom stereocenters. The summed E-state index contributed by atoms with van der Waals surface area (Å²) in [6.45, 7) is 1.69. The highest BCUT2D eigenvalue weighted by Crippen LogP contribution is 2.50. The molecule has 0 aliphatic carbocycles. The lowest BCUT2D eigenvalue weighted by Crippen LogP contribution is -2.68. The molecule has 1 fully saturated rings. The van der Waals surface area contributed by atoms with Gasteiger partial charge in [-0.1, -0.05) is 70.7 Å². The third-order valence-corrected chi connectivity index (χ3v) is 10.3. The molecule has 0 saturated carbocycles. The number of piperidine rings is 1. The first-order valence-corrected chi connectivity index (χ1v) is 16.5. The molecule has 10 nitrogen and oxygen atoms in total. The Morgan fingerprint density at radius 2 is 1.69 bits per heavy atom. The standard InChI is InChI=1S/C33H35N5O5S.ClH/c1-44(41,42)38(23-33(16-19-34-20-17-33)27-14-5-6-15-29(27)38)37-32(40)28(22-43-21-24-9-3-2-4-10-24)36-31(39)26-13-7-11-25-12-8-18-35-30(25)26;/h2-15,18,28,34H,16-17,19-23H2,1H3,(H-,36,37,39,40);1H/p+1. The van der Waals surface area contributed by atoms with Crippen molar-refractivity contribution in [2.75, 3.05) is 32.5 Å². The van der Waals surface area contributed by atoms with Gasteiger partial charge < -0.3 is 15.4 Å². The van der Waals surface area contributed by atoms with E-state index in [1.165, 1.54) is 0 Å². The van der Waals surface area contributed by atoms with Crippen molar-refractivity contribution < 1.29 is 22.7 Å². The van der Waals surface area contributed by atoms with Crippen molar-refractivity contribution in [3.63, 3.8) is 0 Å². The van der Waals surface area contributed by atoms with Crippen molar-refractivity contribution in [2.45, 2.75) is 30.9 Å². The topological polar surface area (TPSA) is 126 Å². The van der Waals surface area contributed by atoms with Gasteiger partial charge in [0.05, 0.1) is 36.0 Å². The van der Waals surface area contributed by atoms with E-state index in [-0.39, 0.29) is 32.2 Å². The van der Waals surface area contributed by atoms with E-state index in [1.54, 1.807) is 36.5 Å². The molecule has 0 bridgehead atoms. The number of nitrogens with zero attached hydrogens (tertiary/aromatic N) is 2. The Labute approximate surface area is 269 Å². The number of para-hydroxylation sites is 2. The van der Waals surface area contributed by atoms with Crippen molar-refractivity contribution in [1.29, 1.82) is 0 Å². The molecular formula is C33H37ClN5O5S+. The zero-order chi connectivity index (χ0) is 30.8. The van der Waals surface area contributed by atoms with Gasteiger partial charge in [-0.25, -0.2) is 0 Å². The second-order valence-corrected chi connectivity index (χ2v) is 13.7. The first-order chi connectivity index (χ1) is 21.2. The molecule has 236 valence electrons. The van der Waals surface area contributed by atoms with Gasteiger partial charge in [0.25, 0.3) is 11.8 Å². The molecule has 3 aromatic carbocycles. The van der Waals surface area contributed by atoms with Gasteiger partial charge in [0, 0.05) is 23.2 Å². The summed E-state index contributed by atoms with van der Waals surface area (Å²) in [6.07, 6.45) is 4.23. The number of sulfonamides is 1. The summed E-state index contributed by atoms with van der Waals surface area (Å²) in [6, 6.07) is 24.6. The van der Waals surface area contributed by atoms with E-state index < -0.39 is 37.3 Å². The molecule has 1 aromatic heterocycles. The predicted molar refractivity (Wildman–Crippen MR) is 176 cm³/mol. The third kappa shape index (κ3) is 6.31. The number of quaternary nitrogens is 1. The van der Waals surface area contributed by atoms with Crippen molar-refractivity contribution in [3.8, 4) is 0 Å². The number of pyridine rings is 1. The summed E-state index contributed by atoms with van der Waals surface area (Å²) in [5, 5.41) is 6.97. The smallest absolute Gasteiger partial charge is 0.321 e. The van der Waals surface area contributed by atoms with Crippen molar-refractivity contribution in [2.24, 2.45) is 0 Å². The number of rotatable bonds is 9. The molecule has 12 heteroatoms. The third-order valence-electron chi connectivity index (χ3n) is 8.70. The minimum absolute atomic E-state index is 0. The lowest BCUT2D eigenvalue weighted by molar-refractivity contribution is -0.127. The van der Waals surface area contributed by atoms with E-state index in [0.717, 1.165) is 48.7 Å². The molecule has 1 saturated heterocycles. The van der Waals surface area contributed by atoms with Crippen LogP contribution in [0.5, 0.6) is 0 Å². The van der Waals surface area contributed by atoms with E-state index in [4.69, 9.17) is 4.74 Å². The van der Waals surface area contributed by atoms with Gasteiger partial charge in [0.15, 0.2) is 5.69 Å². The Morgan fingerprint density at radius 3 is 2.44 bits per heavy atom. The van der Waals surface area contributed by atoms with Gasteiger partial charge in [-0.2, -0.15) is 13.8 Å². The predicted octanol–water partition coefficient (Wildman–Crippen LogP) is 3.60. The van der Waals surface area contributed by atoms with E-state index >= 15 is 0 Å². The Kier molecular flexibility index (Phi) is 9.57. The fraction of sp³-hybridized carbons (Fsp3) is 0.303. The number of nitrogens with one attached hydrogen (secondary N) is 3. The van der Waals surface area contributed by atoms with Crippen LogP contribution in [0.3, 0.4) is 0 Å². The van der Waals surface area contributed by atoms with Gasteiger partial charge in [-0.3, -0.25) is 14.6 Å². The van der Waals surface area contributed by atoms with Crippen molar-refractivity contribution in [3.05, 3.63) is 108 Å². The molecule has 4 aromatic rings. The largest absolute Gasteiger partial charge is 0.374 e. The molecule has 0 radical (unpaired) electrons. The summed E-state index contributed by atoms with van der Waals surface area (Å²) < 4.78 is 32.6. The lowest BCUT2D eigenvalue weighted by Gasteiger charge is -2.36. The second-order valence-electron chi connectivity index (χ2n) is 11.6. The number of hydrogen-bond donors (Lipinski definition) is 3. The minimum Gasteiger partial charge on any atom is -0.374 e. The van der Waals surface area contributed by atoms with Crippen LogP contribution in [-0.4, -0.2) is 63.8 Å². The zero-order valence-electron chi connectivity index (χ0n) is 24.9. The number of benzene rings is 3. The fourth-order valence-corrected chi connectivity index (χ4v) is 7.73. The number of carbonyl (C=O) groups is 2.